The van der Waals surface area contributed by atoms with Crippen LogP contribution in [0.3, 0.4) is 0 Å². The standard InChI is InChI=1S/C13H16NO.ClH/c1-11(15)6-8-14-9-7-12-4-2-3-5-13(12)10-14;/h2-5,10H,6-9H2,1H3;1H/q+1;/p-1. The fourth-order valence-corrected chi connectivity index (χ4v) is 1.89. The fourth-order valence-electron chi connectivity index (χ4n) is 1.89. The van der Waals surface area contributed by atoms with Crippen molar-refractivity contribution >= 4 is 12.0 Å². The Labute approximate surface area is 102 Å². The second-order valence-corrected chi connectivity index (χ2v) is 4.07. The van der Waals surface area contributed by atoms with Crippen molar-refractivity contribution in [1.29, 1.82) is 0 Å². The zero-order valence-corrected chi connectivity index (χ0v) is 10.2. The molecule has 0 amide bonds. The highest BCUT2D eigenvalue weighted by Crippen LogP contribution is 2.11. The maximum absolute atomic E-state index is 10.9. The van der Waals surface area contributed by atoms with Crippen molar-refractivity contribution in [3.05, 3.63) is 35.4 Å². The SMILES string of the molecule is CC(=O)CC[N+]1=Cc2ccccc2CC1.[Cl-]. The van der Waals surface area contributed by atoms with Gasteiger partial charge in [0.15, 0.2) is 6.21 Å². The number of benzene rings is 1. The van der Waals surface area contributed by atoms with Gasteiger partial charge in [-0.25, -0.2) is 4.58 Å². The van der Waals surface area contributed by atoms with E-state index < -0.39 is 0 Å². The van der Waals surface area contributed by atoms with Gasteiger partial charge in [0.1, 0.15) is 18.9 Å². The Bertz CT molecular complexity index is 412. The zero-order chi connectivity index (χ0) is 10.7. The molecule has 16 heavy (non-hydrogen) atoms. The van der Waals surface area contributed by atoms with E-state index in [-0.39, 0.29) is 18.2 Å². The van der Waals surface area contributed by atoms with Gasteiger partial charge in [-0.1, -0.05) is 18.2 Å². The third-order valence-corrected chi connectivity index (χ3v) is 2.80. The number of ketones is 1. The number of hydrogen-bond acceptors (Lipinski definition) is 1. The van der Waals surface area contributed by atoms with Crippen molar-refractivity contribution < 1.29 is 21.8 Å². The summed E-state index contributed by atoms with van der Waals surface area (Å²) in [5.41, 5.74) is 2.71. The summed E-state index contributed by atoms with van der Waals surface area (Å²) in [6.07, 6.45) is 3.91. The van der Waals surface area contributed by atoms with Crippen molar-refractivity contribution in [2.75, 3.05) is 13.1 Å². The normalized spacial score (nSPS) is 13.4. The van der Waals surface area contributed by atoms with Gasteiger partial charge in [0.2, 0.25) is 0 Å². The molecular weight excluding hydrogens is 222 g/mol. The average molecular weight is 238 g/mol. The topological polar surface area (TPSA) is 20.1 Å². The molecule has 3 heteroatoms. The summed E-state index contributed by atoms with van der Waals surface area (Å²) in [5, 5.41) is 0. The number of hydrogen-bond donors (Lipinski definition) is 0. The van der Waals surface area contributed by atoms with Crippen molar-refractivity contribution in [3.63, 3.8) is 0 Å². The first kappa shape index (κ1) is 12.9. The molecule has 0 fully saturated rings. The molecule has 0 radical (unpaired) electrons. The molecule has 0 atom stereocenters. The highest BCUT2D eigenvalue weighted by molar-refractivity contribution is 5.79. The molecule has 2 rings (SSSR count). The van der Waals surface area contributed by atoms with Crippen molar-refractivity contribution in [3.8, 4) is 0 Å². The van der Waals surface area contributed by atoms with E-state index in [2.05, 4.69) is 35.1 Å². The Morgan fingerprint density at radius 2 is 2.12 bits per heavy atom. The highest BCUT2D eigenvalue weighted by Gasteiger charge is 2.14. The maximum Gasteiger partial charge on any atom is 0.170 e. The molecule has 0 aromatic heterocycles. The zero-order valence-electron chi connectivity index (χ0n) is 9.45. The lowest BCUT2D eigenvalue weighted by Gasteiger charge is -2.11. The summed E-state index contributed by atoms with van der Waals surface area (Å²) >= 11 is 0. The van der Waals surface area contributed by atoms with E-state index in [1.807, 2.05) is 0 Å². The van der Waals surface area contributed by atoms with Crippen LogP contribution in [0.15, 0.2) is 24.3 Å². The quantitative estimate of drug-likeness (QED) is 0.596. The number of carbonyl (C=O) groups excluding carboxylic acids is 1. The molecule has 86 valence electrons. The van der Waals surface area contributed by atoms with Crippen molar-refractivity contribution in [2.45, 2.75) is 19.8 Å². The Balaban J connectivity index is 0.00000128. The number of rotatable bonds is 3. The molecule has 1 aliphatic heterocycles. The first-order chi connectivity index (χ1) is 7.25. The summed E-state index contributed by atoms with van der Waals surface area (Å²) in [6.45, 7) is 3.53. The molecule has 0 aliphatic carbocycles. The lowest BCUT2D eigenvalue weighted by Crippen LogP contribution is -3.00. The Morgan fingerprint density at radius 3 is 2.88 bits per heavy atom. The van der Waals surface area contributed by atoms with Gasteiger partial charge in [-0.15, -0.1) is 0 Å². The summed E-state index contributed by atoms with van der Waals surface area (Å²) in [7, 11) is 0. The molecule has 0 saturated carbocycles. The minimum Gasteiger partial charge on any atom is -1.00 e. The van der Waals surface area contributed by atoms with Gasteiger partial charge < -0.3 is 12.4 Å². The summed E-state index contributed by atoms with van der Waals surface area (Å²) in [6, 6.07) is 8.45. The van der Waals surface area contributed by atoms with E-state index in [9.17, 15) is 4.79 Å². The third kappa shape index (κ3) is 3.17. The fraction of sp³-hybridized carbons (Fsp3) is 0.385. The van der Waals surface area contributed by atoms with Gasteiger partial charge in [0, 0.05) is 12.0 Å². The van der Waals surface area contributed by atoms with Gasteiger partial charge in [-0.05, 0) is 18.6 Å². The van der Waals surface area contributed by atoms with Crippen molar-refractivity contribution in [1.82, 2.24) is 0 Å². The first-order valence-corrected chi connectivity index (χ1v) is 5.42. The van der Waals surface area contributed by atoms with Gasteiger partial charge in [-0.3, -0.25) is 4.79 Å². The van der Waals surface area contributed by atoms with Gasteiger partial charge in [0.05, 0.1) is 6.42 Å². The maximum atomic E-state index is 10.9. The number of Topliss-reactive ketones (excluding diaryl/α,β-unsaturated/α-hetero) is 1. The summed E-state index contributed by atoms with van der Waals surface area (Å²) in [4.78, 5) is 10.9. The molecular formula is C13H16ClNO. The van der Waals surface area contributed by atoms with Gasteiger partial charge in [0.25, 0.3) is 0 Å². The van der Waals surface area contributed by atoms with Crippen LogP contribution in [0.2, 0.25) is 0 Å². The van der Waals surface area contributed by atoms with Crippen LogP contribution in [0.4, 0.5) is 0 Å². The molecule has 1 heterocycles. The van der Waals surface area contributed by atoms with Crippen LogP contribution >= 0.6 is 0 Å². The Hall–Kier alpha value is -1.15. The predicted octanol–water partition coefficient (Wildman–Crippen LogP) is -1.34. The average Bonchev–Trinajstić information content (AvgIpc) is 2.26. The molecule has 0 N–H and O–H groups in total. The molecule has 1 aromatic carbocycles. The van der Waals surface area contributed by atoms with Crippen LogP contribution in [-0.4, -0.2) is 29.7 Å². The summed E-state index contributed by atoms with van der Waals surface area (Å²) in [5.74, 6) is 0.266. The van der Waals surface area contributed by atoms with Gasteiger partial charge in [-0.2, -0.15) is 0 Å². The van der Waals surface area contributed by atoms with Crippen LogP contribution < -0.4 is 12.4 Å². The Morgan fingerprint density at radius 1 is 1.38 bits per heavy atom. The number of halogens is 1. The lowest BCUT2D eigenvalue weighted by molar-refractivity contribution is -0.522. The Kier molecular flexibility index (Phi) is 4.69. The van der Waals surface area contributed by atoms with Crippen LogP contribution in [0, 0.1) is 0 Å². The second-order valence-electron chi connectivity index (χ2n) is 4.07. The van der Waals surface area contributed by atoms with E-state index in [0.717, 1.165) is 19.5 Å². The van der Waals surface area contributed by atoms with E-state index in [1.165, 1.54) is 11.1 Å². The molecule has 0 bridgehead atoms. The molecule has 0 spiro atoms. The smallest absolute Gasteiger partial charge is 0.170 e. The molecule has 0 unspecified atom stereocenters. The monoisotopic (exact) mass is 237 g/mol. The number of fused-ring (bicyclic) bond motifs is 1. The third-order valence-electron chi connectivity index (χ3n) is 2.80. The lowest BCUT2D eigenvalue weighted by atomic mass is 10.0. The van der Waals surface area contributed by atoms with Crippen LogP contribution in [0.25, 0.3) is 0 Å². The predicted molar refractivity (Wildman–Crippen MR) is 60.6 cm³/mol. The minimum atomic E-state index is 0. The number of carbonyl (C=O) groups is 1. The summed E-state index contributed by atoms with van der Waals surface area (Å²) < 4.78 is 2.24. The molecule has 2 nitrogen and oxygen atoms in total. The number of nitrogens with zero attached hydrogens (tertiary/aromatic N) is 1. The largest absolute Gasteiger partial charge is 1.00 e. The molecule has 1 aliphatic rings. The molecule has 0 saturated heterocycles. The molecule has 1 aromatic rings. The van der Waals surface area contributed by atoms with E-state index in [0.29, 0.717) is 6.42 Å². The second kappa shape index (κ2) is 5.80. The van der Waals surface area contributed by atoms with E-state index in [4.69, 9.17) is 0 Å². The van der Waals surface area contributed by atoms with Crippen LogP contribution in [0.5, 0.6) is 0 Å². The van der Waals surface area contributed by atoms with E-state index >= 15 is 0 Å². The van der Waals surface area contributed by atoms with Gasteiger partial charge >= 0.3 is 0 Å². The first-order valence-electron chi connectivity index (χ1n) is 5.42. The van der Waals surface area contributed by atoms with Crippen molar-refractivity contribution in [2.24, 2.45) is 0 Å². The van der Waals surface area contributed by atoms with Crippen LogP contribution in [0.1, 0.15) is 24.5 Å². The van der Waals surface area contributed by atoms with Crippen LogP contribution in [-0.2, 0) is 11.2 Å². The highest BCUT2D eigenvalue weighted by atomic mass is 35.5. The van der Waals surface area contributed by atoms with E-state index in [1.54, 1.807) is 6.92 Å². The minimum absolute atomic E-state index is 0.